The van der Waals surface area contributed by atoms with Crippen molar-refractivity contribution < 1.29 is 18.0 Å². The molecule has 0 fully saturated rings. The Labute approximate surface area is 99.6 Å². The first-order valence-corrected chi connectivity index (χ1v) is 4.89. The SMILES string of the molecule is Cn1c(CNOCC(F)(F)F)cc(=O)n(C)c1=O. The van der Waals surface area contributed by atoms with Crippen molar-refractivity contribution in [1.29, 1.82) is 0 Å². The Balaban J connectivity index is 2.70. The molecule has 1 aromatic rings. The fourth-order valence-electron chi connectivity index (χ4n) is 1.21. The number of nitrogens with one attached hydrogen (secondary N) is 1. The zero-order valence-electron chi connectivity index (χ0n) is 9.74. The molecule has 0 saturated carbocycles. The maximum Gasteiger partial charge on any atom is 0.413 e. The standard InChI is InChI=1S/C9H12F3N3O3/c1-14-6(3-7(16)15(2)8(14)17)4-13-18-5-9(10,11)12/h3,13H,4-5H2,1-2H3. The van der Waals surface area contributed by atoms with Crippen molar-refractivity contribution in [2.75, 3.05) is 6.61 Å². The van der Waals surface area contributed by atoms with Crippen LogP contribution in [0, 0.1) is 0 Å². The lowest BCUT2D eigenvalue weighted by Gasteiger charge is -2.11. The van der Waals surface area contributed by atoms with Crippen LogP contribution in [0.1, 0.15) is 5.69 Å². The average molecular weight is 267 g/mol. The van der Waals surface area contributed by atoms with Crippen LogP contribution in [-0.4, -0.2) is 21.9 Å². The highest BCUT2D eigenvalue weighted by Gasteiger charge is 2.27. The molecule has 0 aromatic carbocycles. The monoisotopic (exact) mass is 267 g/mol. The Morgan fingerprint density at radius 3 is 2.44 bits per heavy atom. The van der Waals surface area contributed by atoms with Crippen molar-refractivity contribution in [2.24, 2.45) is 14.1 Å². The number of hydrogen-bond acceptors (Lipinski definition) is 4. The Hall–Kier alpha value is -1.61. The topological polar surface area (TPSA) is 65.3 Å². The summed E-state index contributed by atoms with van der Waals surface area (Å²) in [5.41, 5.74) is 1.18. The Kier molecular flexibility index (Phi) is 4.30. The lowest BCUT2D eigenvalue weighted by atomic mass is 10.4. The van der Waals surface area contributed by atoms with Crippen LogP contribution in [-0.2, 0) is 25.5 Å². The van der Waals surface area contributed by atoms with Gasteiger partial charge in [-0.05, 0) is 0 Å². The molecule has 1 heterocycles. The van der Waals surface area contributed by atoms with E-state index in [1.807, 2.05) is 5.48 Å². The van der Waals surface area contributed by atoms with E-state index in [4.69, 9.17) is 0 Å². The molecule has 18 heavy (non-hydrogen) atoms. The van der Waals surface area contributed by atoms with Crippen LogP contribution in [0.3, 0.4) is 0 Å². The molecular weight excluding hydrogens is 255 g/mol. The van der Waals surface area contributed by atoms with Gasteiger partial charge in [-0.15, -0.1) is 0 Å². The van der Waals surface area contributed by atoms with E-state index in [0.717, 1.165) is 15.2 Å². The van der Waals surface area contributed by atoms with Gasteiger partial charge in [0.2, 0.25) is 0 Å². The highest BCUT2D eigenvalue weighted by atomic mass is 19.4. The van der Waals surface area contributed by atoms with E-state index in [1.54, 1.807) is 0 Å². The smallest absolute Gasteiger partial charge is 0.299 e. The predicted molar refractivity (Wildman–Crippen MR) is 55.8 cm³/mol. The summed E-state index contributed by atoms with van der Waals surface area (Å²) in [6.07, 6.45) is -4.44. The summed E-state index contributed by atoms with van der Waals surface area (Å²) >= 11 is 0. The summed E-state index contributed by atoms with van der Waals surface area (Å²) in [6.45, 7) is -1.64. The van der Waals surface area contributed by atoms with Crippen LogP contribution in [0.25, 0.3) is 0 Å². The zero-order valence-corrected chi connectivity index (χ0v) is 9.74. The second-order valence-corrected chi connectivity index (χ2v) is 3.60. The third kappa shape index (κ3) is 3.70. The van der Waals surface area contributed by atoms with Crippen LogP contribution in [0.4, 0.5) is 13.2 Å². The highest BCUT2D eigenvalue weighted by Crippen LogP contribution is 2.13. The van der Waals surface area contributed by atoms with E-state index >= 15 is 0 Å². The summed E-state index contributed by atoms with van der Waals surface area (Å²) in [7, 11) is 2.71. The first-order chi connectivity index (χ1) is 8.22. The molecule has 0 unspecified atom stereocenters. The molecule has 0 aliphatic rings. The van der Waals surface area contributed by atoms with Gasteiger partial charge < -0.3 is 0 Å². The summed E-state index contributed by atoms with van der Waals surface area (Å²) in [6, 6.07) is 1.14. The van der Waals surface area contributed by atoms with E-state index in [0.29, 0.717) is 0 Å². The number of nitrogens with zero attached hydrogens (tertiary/aromatic N) is 2. The third-order valence-electron chi connectivity index (χ3n) is 2.22. The van der Waals surface area contributed by atoms with Crippen LogP contribution in [0.5, 0.6) is 0 Å². The normalized spacial score (nSPS) is 11.8. The fourth-order valence-corrected chi connectivity index (χ4v) is 1.21. The number of rotatable bonds is 4. The van der Waals surface area contributed by atoms with Crippen molar-refractivity contribution in [2.45, 2.75) is 12.7 Å². The molecule has 0 radical (unpaired) electrons. The van der Waals surface area contributed by atoms with Crippen LogP contribution in [0.15, 0.2) is 15.7 Å². The van der Waals surface area contributed by atoms with Gasteiger partial charge in [-0.25, -0.2) is 4.79 Å². The molecule has 0 atom stereocenters. The van der Waals surface area contributed by atoms with Crippen molar-refractivity contribution in [1.82, 2.24) is 14.6 Å². The molecule has 0 spiro atoms. The predicted octanol–water partition coefficient (Wildman–Crippen LogP) is -0.333. The molecular formula is C9H12F3N3O3. The largest absolute Gasteiger partial charge is 0.413 e. The quantitative estimate of drug-likeness (QED) is 0.599. The van der Waals surface area contributed by atoms with Gasteiger partial charge in [0.05, 0.1) is 6.54 Å². The van der Waals surface area contributed by atoms with Crippen LogP contribution >= 0.6 is 0 Å². The first-order valence-electron chi connectivity index (χ1n) is 4.89. The molecule has 1 aromatic heterocycles. The second kappa shape index (κ2) is 5.36. The van der Waals surface area contributed by atoms with E-state index in [2.05, 4.69) is 4.84 Å². The van der Waals surface area contributed by atoms with Crippen molar-refractivity contribution in [3.63, 3.8) is 0 Å². The fraction of sp³-hybridized carbons (Fsp3) is 0.556. The molecule has 1 N–H and O–H groups in total. The van der Waals surface area contributed by atoms with Gasteiger partial charge in [0.1, 0.15) is 0 Å². The maximum absolute atomic E-state index is 11.8. The van der Waals surface area contributed by atoms with Gasteiger partial charge in [0, 0.05) is 25.9 Å². The Morgan fingerprint density at radius 1 is 1.28 bits per heavy atom. The molecule has 0 bridgehead atoms. The highest BCUT2D eigenvalue weighted by molar-refractivity contribution is 5.01. The number of halogens is 3. The van der Waals surface area contributed by atoms with E-state index in [-0.39, 0.29) is 12.2 Å². The molecule has 102 valence electrons. The van der Waals surface area contributed by atoms with E-state index in [9.17, 15) is 22.8 Å². The Morgan fingerprint density at radius 2 is 1.89 bits per heavy atom. The van der Waals surface area contributed by atoms with Gasteiger partial charge in [-0.2, -0.15) is 18.7 Å². The minimum Gasteiger partial charge on any atom is -0.299 e. The van der Waals surface area contributed by atoms with Gasteiger partial charge in [0.25, 0.3) is 5.56 Å². The molecule has 1 rings (SSSR count). The maximum atomic E-state index is 11.8. The summed E-state index contributed by atoms with van der Waals surface area (Å²) in [5, 5.41) is 0. The number of hydrogen-bond donors (Lipinski definition) is 1. The zero-order chi connectivity index (χ0) is 13.9. The minimum atomic E-state index is -4.44. The second-order valence-electron chi connectivity index (χ2n) is 3.60. The molecule has 0 amide bonds. The number of alkyl halides is 3. The summed E-state index contributed by atoms with van der Waals surface area (Å²) in [5.74, 6) is 0. The average Bonchev–Trinajstić information content (AvgIpc) is 2.26. The van der Waals surface area contributed by atoms with Crippen molar-refractivity contribution >= 4 is 0 Å². The third-order valence-corrected chi connectivity index (χ3v) is 2.22. The number of hydroxylamine groups is 1. The van der Waals surface area contributed by atoms with E-state index < -0.39 is 24.0 Å². The van der Waals surface area contributed by atoms with Crippen molar-refractivity contribution in [3.8, 4) is 0 Å². The van der Waals surface area contributed by atoms with Gasteiger partial charge in [-0.1, -0.05) is 0 Å². The van der Waals surface area contributed by atoms with E-state index in [1.165, 1.54) is 14.1 Å². The van der Waals surface area contributed by atoms with Crippen LogP contribution < -0.4 is 16.7 Å². The summed E-state index contributed by atoms with van der Waals surface area (Å²) < 4.78 is 37.3. The van der Waals surface area contributed by atoms with Gasteiger partial charge >= 0.3 is 11.9 Å². The first kappa shape index (κ1) is 14.5. The van der Waals surface area contributed by atoms with Gasteiger partial charge in [0.15, 0.2) is 6.61 Å². The minimum absolute atomic E-state index is 0.183. The number of aromatic nitrogens is 2. The lowest BCUT2D eigenvalue weighted by Crippen LogP contribution is -2.39. The molecule has 6 nitrogen and oxygen atoms in total. The molecule has 0 saturated heterocycles. The summed E-state index contributed by atoms with van der Waals surface area (Å²) in [4.78, 5) is 27.0. The Bertz CT molecular complexity index is 533. The lowest BCUT2D eigenvalue weighted by molar-refractivity contribution is -0.190. The van der Waals surface area contributed by atoms with Gasteiger partial charge in [-0.3, -0.25) is 18.8 Å². The van der Waals surface area contributed by atoms with Crippen LogP contribution in [0.2, 0.25) is 0 Å². The van der Waals surface area contributed by atoms with Crippen molar-refractivity contribution in [3.05, 3.63) is 32.6 Å². The molecule has 0 aliphatic heterocycles. The molecule has 9 heteroatoms. The molecule has 0 aliphatic carbocycles.